The Labute approximate surface area is 236 Å². The fourth-order valence-corrected chi connectivity index (χ4v) is 18.2. The first kappa shape index (κ1) is 30.8. The third-order valence-corrected chi connectivity index (χ3v) is 19.3. The molecule has 6 rings (SSSR count). The summed E-state index contributed by atoms with van der Waals surface area (Å²) < 4.78 is 0. The van der Waals surface area contributed by atoms with Crippen LogP contribution in [-0.4, -0.2) is 35.0 Å². The Kier molecular flexibility index (Phi) is 14.1. The van der Waals surface area contributed by atoms with Gasteiger partial charge in [-0.2, -0.15) is 0 Å². The molecule has 2 heterocycles. The summed E-state index contributed by atoms with van der Waals surface area (Å²) in [6.45, 7) is 0. The quantitative estimate of drug-likeness (QED) is 0.306. The minimum absolute atomic E-state index is 0. The molecule has 6 aliphatic rings. The van der Waals surface area contributed by atoms with Gasteiger partial charge in [-0.05, 0) is 124 Å². The molecule has 0 bridgehead atoms. The van der Waals surface area contributed by atoms with Gasteiger partial charge in [-0.15, -0.1) is 15.8 Å². The van der Waals surface area contributed by atoms with Crippen LogP contribution in [0.3, 0.4) is 0 Å². The zero-order valence-electron chi connectivity index (χ0n) is 24.2. The van der Waals surface area contributed by atoms with Gasteiger partial charge >= 0.3 is 0 Å². The molecule has 0 aromatic heterocycles. The van der Waals surface area contributed by atoms with Crippen molar-refractivity contribution in [2.24, 2.45) is 11.8 Å². The van der Waals surface area contributed by atoms with E-state index in [2.05, 4.69) is 0 Å². The Bertz CT molecular complexity index is 476. The lowest BCUT2D eigenvalue weighted by atomic mass is 9.85. The molecule has 2 heteroatoms. The van der Waals surface area contributed by atoms with Gasteiger partial charge in [0.1, 0.15) is 0 Å². The number of hydrogen-bond donors (Lipinski definition) is 0. The smallest absolute Gasteiger partial charge is 0.0178 e. The van der Waals surface area contributed by atoms with Gasteiger partial charge in [0, 0.05) is 0 Å². The second-order valence-corrected chi connectivity index (χ2v) is 19.7. The van der Waals surface area contributed by atoms with Crippen LogP contribution in [0.4, 0.5) is 0 Å². The van der Waals surface area contributed by atoms with Crippen molar-refractivity contribution in [1.29, 1.82) is 0 Å². The van der Waals surface area contributed by atoms with Crippen LogP contribution in [0.15, 0.2) is 0 Å². The first-order chi connectivity index (χ1) is 17.9. The van der Waals surface area contributed by atoms with Gasteiger partial charge in [-0.25, -0.2) is 0 Å². The zero-order valence-corrected chi connectivity index (χ0v) is 25.9. The average Bonchev–Trinajstić information content (AvgIpc) is 2.99. The molecule has 4 saturated carbocycles. The molecular weight excluding hydrogens is 482 g/mol. The minimum atomic E-state index is 0. The summed E-state index contributed by atoms with van der Waals surface area (Å²) in [4.78, 5) is 0. The molecule has 216 valence electrons. The van der Waals surface area contributed by atoms with E-state index < -0.39 is 0 Å². The average molecular weight is 549 g/mol. The molecule has 0 spiro atoms. The largest absolute Gasteiger partial charge is 0.100 e. The zero-order chi connectivity index (χ0) is 24.4. The molecule has 37 heavy (non-hydrogen) atoms. The highest BCUT2D eigenvalue weighted by Crippen LogP contribution is 2.60. The molecule has 4 aliphatic carbocycles. The molecule has 4 unspecified atom stereocenters. The fraction of sp³-hybridized carbons (Fsp3) is 1.00. The van der Waals surface area contributed by atoms with Gasteiger partial charge in [0.05, 0.1) is 0 Å². The second kappa shape index (κ2) is 17.0. The van der Waals surface area contributed by atoms with Crippen LogP contribution in [0.25, 0.3) is 0 Å². The third-order valence-electron chi connectivity index (χ3n) is 11.7. The highest BCUT2D eigenvalue weighted by molar-refractivity contribution is 7.59. The normalized spacial score (nSPS) is 35.7. The lowest BCUT2D eigenvalue weighted by Gasteiger charge is -2.44. The van der Waals surface area contributed by atoms with Crippen molar-refractivity contribution in [3.63, 3.8) is 0 Å². The summed E-state index contributed by atoms with van der Waals surface area (Å²) in [7, 11) is 0.848. The Balaban J connectivity index is 0.000000168. The van der Waals surface area contributed by atoms with Crippen LogP contribution in [0.1, 0.15) is 174 Å². The van der Waals surface area contributed by atoms with Crippen LogP contribution >= 0.6 is 15.8 Å². The van der Waals surface area contributed by atoms with Crippen LogP contribution in [0, 0.1) is 11.8 Å². The molecule has 0 aromatic carbocycles. The molecule has 0 amide bonds. The van der Waals surface area contributed by atoms with E-state index in [1.165, 1.54) is 48.3 Å². The molecule has 2 aliphatic heterocycles. The summed E-state index contributed by atoms with van der Waals surface area (Å²) in [6, 6.07) is 0. The summed E-state index contributed by atoms with van der Waals surface area (Å²) >= 11 is 0. The standard InChI is InChI=1S/2C17H31P.CH4/c2*1-3-9-15(10-4-1)17-13-7-8-14-18(17)16-11-5-2-6-12-16;/h2*15-17H,1-14H2;1H4. The molecule has 6 fully saturated rings. The van der Waals surface area contributed by atoms with Crippen molar-refractivity contribution in [2.45, 2.75) is 197 Å². The molecule has 0 N–H and O–H groups in total. The minimum Gasteiger partial charge on any atom is -0.100 e. The van der Waals surface area contributed by atoms with Crippen LogP contribution in [-0.2, 0) is 0 Å². The first-order valence-corrected chi connectivity index (χ1v) is 20.7. The highest BCUT2D eigenvalue weighted by atomic mass is 31.1. The van der Waals surface area contributed by atoms with E-state index >= 15 is 0 Å². The van der Waals surface area contributed by atoms with Crippen molar-refractivity contribution >= 4 is 15.8 Å². The SMILES string of the molecule is C.C1CCC(C2CCCCP2C2CCCCC2)CC1.C1CCC(C2CCCCP2C2CCCCC2)CC1. The summed E-state index contributed by atoms with van der Waals surface area (Å²) in [5.41, 5.74) is 4.80. The van der Waals surface area contributed by atoms with Gasteiger partial charge in [0.15, 0.2) is 0 Å². The Morgan fingerprint density at radius 1 is 0.297 bits per heavy atom. The van der Waals surface area contributed by atoms with Crippen LogP contribution in [0.2, 0.25) is 0 Å². The van der Waals surface area contributed by atoms with Crippen molar-refractivity contribution in [2.75, 3.05) is 12.3 Å². The van der Waals surface area contributed by atoms with Crippen molar-refractivity contribution < 1.29 is 0 Å². The molecule has 2 saturated heterocycles. The van der Waals surface area contributed by atoms with Gasteiger partial charge < -0.3 is 0 Å². The van der Waals surface area contributed by atoms with Gasteiger partial charge in [0.25, 0.3) is 0 Å². The molecule has 0 aromatic rings. The second-order valence-electron chi connectivity index (χ2n) is 14.0. The topological polar surface area (TPSA) is 0 Å². The fourth-order valence-electron chi connectivity index (χ4n) is 9.74. The Morgan fingerprint density at radius 3 is 0.946 bits per heavy atom. The van der Waals surface area contributed by atoms with Gasteiger partial charge in [-0.3, -0.25) is 0 Å². The van der Waals surface area contributed by atoms with Crippen molar-refractivity contribution in [3.8, 4) is 0 Å². The van der Waals surface area contributed by atoms with E-state index in [1.54, 1.807) is 154 Å². The Hall–Kier alpha value is 0.860. The Morgan fingerprint density at radius 2 is 0.595 bits per heavy atom. The maximum absolute atomic E-state index is 1.65. The maximum Gasteiger partial charge on any atom is -0.0178 e. The van der Waals surface area contributed by atoms with E-state index in [9.17, 15) is 0 Å². The summed E-state index contributed by atoms with van der Waals surface area (Å²) in [6.07, 6.45) is 44.2. The van der Waals surface area contributed by atoms with Crippen LogP contribution < -0.4 is 0 Å². The predicted octanol–water partition coefficient (Wildman–Crippen LogP) is 12.5. The van der Waals surface area contributed by atoms with Crippen molar-refractivity contribution in [3.05, 3.63) is 0 Å². The van der Waals surface area contributed by atoms with Crippen molar-refractivity contribution in [1.82, 2.24) is 0 Å². The maximum atomic E-state index is 1.65. The molecule has 0 radical (unpaired) electrons. The summed E-state index contributed by atoms with van der Waals surface area (Å²) in [5, 5.41) is 0. The van der Waals surface area contributed by atoms with E-state index in [0.29, 0.717) is 15.8 Å². The van der Waals surface area contributed by atoms with Gasteiger partial charge in [0.2, 0.25) is 0 Å². The number of rotatable bonds is 4. The molecule has 4 atom stereocenters. The lowest BCUT2D eigenvalue weighted by Crippen LogP contribution is -2.30. The van der Waals surface area contributed by atoms with E-state index in [0.717, 1.165) is 11.8 Å². The van der Waals surface area contributed by atoms with E-state index in [1.807, 2.05) is 0 Å². The van der Waals surface area contributed by atoms with E-state index in [4.69, 9.17) is 0 Å². The molecular formula is C35H66P2. The predicted molar refractivity (Wildman–Crippen MR) is 172 cm³/mol. The van der Waals surface area contributed by atoms with Gasteiger partial charge in [-0.1, -0.05) is 97.3 Å². The summed E-state index contributed by atoms with van der Waals surface area (Å²) in [5.74, 6) is 2.32. The third kappa shape index (κ3) is 8.92. The number of hydrogen-bond acceptors (Lipinski definition) is 0. The van der Waals surface area contributed by atoms with E-state index in [-0.39, 0.29) is 7.43 Å². The first-order valence-electron chi connectivity index (χ1n) is 17.4. The monoisotopic (exact) mass is 548 g/mol. The highest BCUT2D eigenvalue weighted by Gasteiger charge is 2.37. The van der Waals surface area contributed by atoms with Crippen LogP contribution in [0.5, 0.6) is 0 Å². The molecule has 0 nitrogen and oxygen atoms in total. The lowest BCUT2D eigenvalue weighted by molar-refractivity contribution is 0.328.